The number of hydrogen-bond donors (Lipinski definition) is 2. The van der Waals surface area contributed by atoms with Crippen LogP contribution in [0.15, 0.2) is 24.4 Å². The number of aryl methyl sites for hydroxylation is 2. The molecule has 2 aromatic rings. The number of carbonyl (C=O) groups excluding carboxylic acids is 1. The van der Waals surface area contributed by atoms with Crippen molar-refractivity contribution in [3.63, 3.8) is 0 Å². The van der Waals surface area contributed by atoms with E-state index in [4.69, 9.17) is 0 Å². The Morgan fingerprint density at radius 1 is 1.30 bits per heavy atom. The fourth-order valence-corrected chi connectivity index (χ4v) is 2.35. The first-order valence-corrected chi connectivity index (χ1v) is 7.89. The molecule has 0 fully saturated rings. The third-order valence-corrected chi connectivity index (χ3v) is 4.13. The number of amides is 1. The molecule has 1 amide bonds. The maximum atomic E-state index is 12.2. The van der Waals surface area contributed by atoms with E-state index in [-0.39, 0.29) is 12.5 Å². The quantitative estimate of drug-likeness (QED) is 0.856. The zero-order valence-electron chi connectivity index (χ0n) is 14.1. The average Bonchev–Trinajstić information content (AvgIpc) is 2.91. The molecule has 124 valence electrons. The Bertz CT molecular complexity index is 672. The number of hydrogen-bond acceptors (Lipinski definition) is 4. The molecule has 0 spiro atoms. The van der Waals surface area contributed by atoms with Crippen molar-refractivity contribution in [1.82, 2.24) is 20.1 Å². The van der Waals surface area contributed by atoms with Crippen LogP contribution in [0.5, 0.6) is 0 Å². The molecule has 2 aromatic heterocycles. The predicted molar refractivity (Wildman–Crippen MR) is 88.7 cm³/mol. The average molecular weight is 316 g/mol. The smallest absolute Gasteiger partial charge is 0.252 e. The van der Waals surface area contributed by atoms with Crippen molar-refractivity contribution in [2.45, 2.75) is 46.1 Å². The summed E-state index contributed by atoms with van der Waals surface area (Å²) in [6.45, 7) is 7.92. The van der Waals surface area contributed by atoms with Gasteiger partial charge in [0.25, 0.3) is 5.91 Å². The van der Waals surface area contributed by atoms with E-state index >= 15 is 0 Å². The molecule has 0 radical (unpaired) electrons. The van der Waals surface area contributed by atoms with Crippen molar-refractivity contribution in [1.29, 1.82) is 0 Å². The van der Waals surface area contributed by atoms with Crippen LogP contribution < -0.4 is 5.32 Å². The minimum Gasteiger partial charge on any atom is -0.388 e. The van der Waals surface area contributed by atoms with Gasteiger partial charge in [0.05, 0.1) is 16.9 Å². The van der Waals surface area contributed by atoms with E-state index in [1.165, 1.54) is 6.20 Å². The molecule has 0 aliphatic carbocycles. The first-order chi connectivity index (χ1) is 10.9. The highest BCUT2D eigenvalue weighted by molar-refractivity contribution is 5.93. The Morgan fingerprint density at radius 3 is 2.48 bits per heavy atom. The van der Waals surface area contributed by atoms with E-state index in [0.29, 0.717) is 24.2 Å². The summed E-state index contributed by atoms with van der Waals surface area (Å²) in [5, 5.41) is 17.3. The topological polar surface area (TPSA) is 80.0 Å². The molecule has 0 saturated carbocycles. The zero-order chi connectivity index (χ0) is 17.0. The molecule has 2 rings (SSSR count). The lowest BCUT2D eigenvalue weighted by Crippen LogP contribution is -2.42. The highest BCUT2D eigenvalue weighted by Crippen LogP contribution is 2.14. The summed E-state index contributed by atoms with van der Waals surface area (Å²) in [5.41, 5.74) is 1.52. The molecule has 0 aromatic carbocycles. The Labute approximate surface area is 136 Å². The molecule has 6 nitrogen and oxygen atoms in total. The number of aromatic nitrogens is 3. The van der Waals surface area contributed by atoms with Gasteiger partial charge in [-0.2, -0.15) is 5.10 Å². The highest BCUT2D eigenvalue weighted by atomic mass is 16.3. The Hall–Kier alpha value is -2.21. The predicted octanol–water partition coefficient (Wildman–Crippen LogP) is 2.17. The molecule has 2 heterocycles. The molecule has 0 bridgehead atoms. The van der Waals surface area contributed by atoms with Gasteiger partial charge in [-0.1, -0.05) is 13.8 Å². The fourth-order valence-electron chi connectivity index (χ4n) is 2.35. The van der Waals surface area contributed by atoms with Gasteiger partial charge in [-0.05, 0) is 44.9 Å². The summed E-state index contributed by atoms with van der Waals surface area (Å²) < 4.78 is 1.74. The van der Waals surface area contributed by atoms with Gasteiger partial charge in [-0.3, -0.25) is 4.79 Å². The standard InChI is InChI=1S/C17H24N4O2/c1-5-17(23,6-2)11-19-16(22)14-7-8-15(18-10-14)21-13(4)9-12(3)20-21/h7-10,23H,5-6,11H2,1-4H3,(H,19,22). The van der Waals surface area contributed by atoms with Gasteiger partial charge in [0.1, 0.15) is 0 Å². The maximum Gasteiger partial charge on any atom is 0.252 e. The minimum absolute atomic E-state index is 0.234. The summed E-state index contributed by atoms with van der Waals surface area (Å²) in [6, 6.07) is 5.45. The summed E-state index contributed by atoms with van der Waals surface area (Å²) >= 11 is 0. The first kappa shape index (κ1) is 17.1. The van der Waals surface area contributed by atoms with Crippen LogP contribution in [0.4, 0.5) is 0 Å². The highest BCUT2D eigenvalue weighted by Gasteiger charge is 2.23. The molecular formula is C17H24N4O2. The number of aliphatic hydroxyl groups is 1. The second-order valence-corrected chi connectivity index (χ2v) is 5.86. The van der Waals surface area contributed by atoms with Crippen LogP contribution in [0.1, 0.15) is 48.4 Å². The molecule has 0 aliphatic heterocycles. The summed E-state index contributed by atoms with van der Waals surface area (Å²) in [4.78, 5) is 16.5. The van der Waals surface area contributed by atoms with Crippen molar-refractivity contribution in [3.8, 4) is 5.82 Å². The lowest BCUT2D eigenvalue weighted by atomic mass is 9.97. The number of carbonyl (C=O) groups is 1. The Balaban J connectivity index is 2.07. The maximum absolute atomic E-state index is 12.2. The van der Waals surface area contributed by atoms with Crippen LogP contribution in [0.3, 0.4) is 0 Å². The van der Waals surface area contributed by atoms with Crippen molar-refractivity contribution in [2.24, 2.45) is 0 Å². The van der Waals surface area contributed by atoms with Gasteiger partial charge in [-0.25, -0.2) is 9.67 Å². The van der Waals surface area contributed by atoms with Gasteiger partial charge >= 0.3 is 0 Å². The summed E-state index contributed by atoms with van der Waals surface area (Å²) in [5.74, 6) is 0.434. The van der Waals surface area contributed by atoms with E-state index in [0.717, 1.165) is 11.4 Å². The lowest BCUT2D eigenvalue weighted by molar-refractivity contribution is 0.0314. The van der Waals surface area contributed by atoms with Crippen molar-refractivity contribution in [3.05, 3.63) is 41.3 Å². The van der Waals surface area contributed by atoms with Gasteiger partial charge in [0.15, 0.2) is 5.82 Å². The first-order valence-electron chi connectivity index (χ1n) is 7.89. The van der Waals surface area contributed by atoms with E-state index < -0.39 is 5.60 Å². The molecule has 0 saturated heterocycles. The Kier molecular flexibility index (Phi) is 5.15. The molecule has 23 heavy (non-hydrogen) atoms. The van der Waals surface area contributed by atoms with Crippen LogP contribution in [0.2, 0.25) is 0 Å². The monoisotopic (exact) mass is 316 g/mol. The van der Waals surface area contributed by atoms with Crippen molar-refractivity contribution in [2.75, 3.05) is 6.54 Å². The normalized spacial score (nSPS) is 11.5. The number of pyridine rings is 1. The van der Waals surface area contributed by atoms with E-state index in [1.54, 1.807) is 16.8 Å². The molecule has 2 N–H and O–H groups in total. The van der Waals surface area contributed by atoms with E-state index in [1.807, 2.05) is 33.8 Å². The van der Waals surface area contributed by atoms with Crippen LogP contribution in [-0.4, -0.2) is 37.9 Å². The third kappa shape index (κ3) is 3.96. The number of rotatable bonds is 6. The number of nitrogens with zero attached hydrogens (tertiary/aromatic N) is 3. The summed E-state index contributed by atoms with van der Waals surface area (Å²) in [6.07, 6.45) is 2.72. The minimum atomic E-state index is -0.854. The van der Waals surface area contributed by atoms with Crippen LogP contribution in [0, 0.1) is 13.8 Å². The van der Waals surface area contributed by atoms with Gasteiger partial charge in [0, 0.05) is 18.4 Å². The molecule has 0 unspecified atom stereocenters. The second kappa shape index (κ2) is 6.91. The molecule has 6 heteroatoms. The molecule has 0 atom stereocenters. The van der Waals surface area contributed by atoms with E-state index in [9.17, 15) is 9.90 Å². The lowest BCUT2D eigenvalue weighted by Gasteiger charge is -2.25. The fraction of sp³-hybridized carbons (Fsp3) is 0.471. The van der Waals surface area contributed by atoms with Crippen molar-refractivity contribution < 1.29 is 9.90 Å². The van der Waals surface area contributed by atoms with E-state index in [2.05, 4.69) is 15.4 Å². The largest absolute Gasteiger partial charge is 0.388 e. The van der Waals surface area contributed by atoms with Crippen LogP contribution in [0.25, 0.3) is 5.82 Å². The molecule has 0 aliphatic rings. The summed E-state index contributed by atoms with van der Waals surface area (Å²) in [7, 11) is 0. The van der Waals surface area contributed by atoms with Crippen molar-refractivity contribution >= 4 is 5.91 Å². The van der Waals surface area contributed by atoms with Gasteiger partial charge in [-0.15, -0.1) is 0 Å². The second-order valence-electron chi connectivity index (χ2n) is 5.86. The Morgan fingerprint density at radius 2 is 2.00 bits per heavy atom. The van der Waals surface area contributed by atoms with Gasteiger partial charge in [0.2, 0.25) is 0 Å². The molecular weight excluding hydrogens is 292 g/mol. The zero-order valence-corrected chi connectivity index (χ0v) is 14.1. The number of nitrogens with one attached hydrogen (secondary N) is 1. The van der Waals surface area contributed by atoms with Gasteiger partial charge < -0.3 is 10.4 Å². The third-order valence-electron chi connectivity index (χ3n) is 4.13. The van der Waals surface area contributed by atoms with Crippen LogP contribution >= 0.6 is 0 Å². The van der Waals surface area contributed by atoms with Crippen LogP contribution in [-0.2, 0) is 0 Å². The SMILES string of the molecule is CCC(O)(CC)CNC(=O)c1ccc(-n2nc(C)cc2C)nc1.